The van der Waals surface area contributed by atoms with Gasteiger partial charge in [-0.15, -0.1) is 0 Å². The quantitative estimate of drug-likeness (QED) is 0.809. The molecule has 1 fully saturated rings. The Morgan fingerprint density at radius 2 is 1.85 bits per heavy atom. The highest BCUT2D eigenvalue weighted by Gasteiger charge is 2.34. The second-order valence-electron chi connectivity index (χ2n) is 5.54. The summed E-state index contributed by atoms with van der Waals surface area (Å²) in [7, 11) is 0. The van der Waals surface area contributed by atoms with Gasteiger partial charge in [0.2, 0.25) is 0 Å². The number of aromatic nitrogens is 1. The third-order valence-electron chi connectivity index (χ3n) is 3.99. The van der Waals surface area contributed by atoms with Gasteiger partial charge in [0.25, 0.3) is 0 Å². The number of aliphatic hydroxyl groups is 1. The fourth-order valence-corrected chi connectivity index (χ4v) is 2.94. The summed E-state index contributed by atoms with van der Waals surface area (Å²) < 4.78 is 37.5. The van der Waals surface area contributed by atoms with E-state index in [1.165, 1.54) is 6.07 Å². The SMILES string of the molecule is CC1CCC(C(O)c2ccc(C(F)(F)F)nc2Cl)CC1. The van der Waals surface area contributed by atoms with Crippen molar-refractivity contribution in [3.63, 3.8) is 0 Å². The van der Waals surface area contributed by atoms with Crippen molar-refractivity contribution in [2.75, 3.05) is 0 Å². The lowest BCUT2D eigenvalue weighted by atomic mass is 9.79. The number of rotatable bonds is 2. The fourth-order valence-electron chi connectivity index (χ4n) is 2.68. The maximum Gasteiger partial charge on any atom is 0.433 e. The fraction of sp³-hybridized carbons (Fsp3) is 0.643. The van der Waals surface area contributed by atoms with E-state index in [-0.39, 0.29) is 11.1 Å². The second kappa shape index (κ2) is 5.90. The molecule has 0 spiro atoms. The molecular weight excluding hydrogens is 291 g/mol. The van der Waals surface area contributed by atoms with E-state index < -0.39 is 18.0 Å². The zero-order valence-corrected chi connectivity index (χ0v) is 11.9. The standard InChI is InChI=1S/C14H17ClF3NO/c1-8-2-4-9(5-3-8)12(20)10-6-7-11(14(16,17)18)19-13(10)15/h6-9,12,20H,2-5H2,1H3. The minimum atomic E-state index is -4.52. The van der Waals surface area contributed by atoms with Crippen LogP contribution < -0.4 is 0 Å². The van der Waals surface area contributed by atoms with Gasteiger partial charge < -0.3 is 5.11 Å². The molecule has 20 heavy (non-hydrogen) atoms. The molecule has 1 atom stereocenters. The summed E-state index contributed by atoms with van der Waals surface area (Å²) in [5.41, 5.74) is -0.741. The Morgan fingerprint density at radius 1 is 1.25 bits per heavy atom. The van der Waals surface area contributed by atoms with Crippen molar-refractivity contribution >= 4 is 11.6 Å². The van der Waals surface area contributed by atoms with Crippen LogP contribution in [0.3, 0.4) is 0 Å². The van der Waals surface area contributed by atoms with Gasteiger partial charge in [-0.3, -0.25) is 0 Å². The van der Waals surface area contributed by atoms with Crippen LogP contribution in [0, 0.1) is 11.8 Å². The molecule has 1 N–H and O–H groups in total. The van der Waals surface area contributed by atoms with E-state index in [1.807, 2.05) is 0 Å². The molecule has 6 heteroatoms. The van der Waals surface area contributed by atoms with Gasteiger partial charge in [-0.05, 0) is 30.7 Å². The number of halogens is 4. The number of hydrogen-bond donors (Lipinski definition) is 1. The van der Waals surface area contributed by atoms with Crippen molar-refractivity contribution in [1.82, 2.24) is 4.98 Å². The molecule has 112 valence electrons. The molecule has 1 aromatic rings. The first-order valence-electron chi connectivity index (χ1n) is 6.70. The van der Waals surface area contributed by atoms with Crippen molar-refractivity contribution in [2.45, 2.75) is 44.9 Å². The van der Waals surface area contributed by atoms with Gasteiger partial charge >= 0.3 is 6.18 Å². The van der Waals surface area contributed by atoms with Crippen LogP contribution >= 0.6 is 11.6 Å². The molecule has 1 unspecified atom stereocenters. The van der Waals surface area contributed by atoms with Crippen molar-refractivity contribution in [3.05, 3.63) is 28.5 Å². The minimum absolute atomic E-state index is 0.0437. The maximum absolute atomic E-state index is 12.5. The van der Waals surface area contributed by atoms with Gasteiger partial charge in [0.1, 0.15) is 10.8 Å². The van der Waals surface area contributed by atoms with E-state index in [0.717, 1.165) is 31.7 Å². The predicted molar refractivity (Wildman–Crippen MR) is 70.3 cm³/mol. The molecule has 1 heterocycles. The van der Waals surface area contributed by atoms with E-state index in [2.05, 4.69) is 11.9 Å². The lowest BCUT2D eigenvalue weighted by Gasteiger charge is -2.30. The topological polar surface area (TPSA) is 33.1 Å². The minimum Gasteiger partial charge on any atom is -0.388 e. The predicted octanol–water partition coefficient (Wildman–Crippen LogP) is 4.61. The summed E-state index contributed by atoms with van der Waals surface area (Å²) in [6.45, 7) is 2.16. The van der Waals surface area contributed by atoms with Crippen molar-refractivity contribution in [1.29, 1.82) is 0 Å². The first-order valence-corrected chi connectivity index (χ1v) is 7.08. The molecule has 0 saturated heterocycles. The molecule has 1 aliphatic rings. The zero-order chi connectivity index (χ0) is 14.9. The summed E-state index contributed by atoms with van der Waals surface area (Å²) in [4.78, 5) is 3.36. The first kappa shape index (κ1) is 15.6. The Labute approximate surface area is 121 Å². The Hall–Kier alpha value is -0.810. The molecular formula is C14H17ClF3NO. The third kappa shape index (κ3) is 3.44. The summed E-state index contributed by atoms with van der Waals surface area (Å²) in [6.07, 6.45) is -1.60. The maximum atomic E-state index is 12.5. The smallest absolute Gasteiger partial charge is 0.388 e. The molecule has 0 bridgehead atoms. The van der Waals surface area contributed by atoms with Gasteiger partial charge in [-0.2, -0.15) is 13.2 Å². The lowest BCUT2D eigenvalue weighted by molar-refractivity contribution is -0.141. The number of nitrogens with zero attached hydrogens (tertiary/aromatic N) is 1. The molecule has 0 amide bonds. The monoisotopic (exact) mass is 307 g/mol. The van der Waals surface area contributed by atoms with E-state index in [9.17, 15) is 18.3 Å². The normalized spacial score (nSPS) is 25.5. The molecule has 2 nitrogen and oxygen atoms in total. The number of hydrogen-bond acceptors (Lipinski definition) is 2. The van der Waals surface area contributed by atoms with Crippen LogP contribution in [0.2, 0.25) is 5.15 Å². The molecule has 0 aliphatic heterocycles. The van der Waals surface area contributed by atoms with Crippen LogP contribution in [0.25, 0.3) is 0 Å². The van der Waals surface area contributed by atoms with Crippen molar-refractivity contribution in [2.24, 2.45) is 11.8 Å². The van der Waals surface area contributed by atoms with Crippen LogP contribution in [-0.2, 0) is 6.18 Å². The number of pyridine rings is 1. The summed E-state index contributed by atoms with van der Waals surface area (Å²) in [5, 5.41) is 10.0. The van der Waals surface area contributed by atoms with Crippen LogP contribution in [0.5, 0.6) is 0 Å². The highest BCUT2D eigenvalue weighted by Crippen LogP contribution is 2.39. The van der Waals surface area contributed by atoms with Gasteiger partial charge in [0.05, 0.1) is 6.10 Å². The molecule has 0 aromatic carbocycles. The van der Waals surface area contributed by atoms with Gasteiger partial charge in [0, 0.05) is 5.56 Å². The number of aliphatic hydroxyl groups excluding tert-OH is 1. The van der Waals surface area contributed by atoms with Crippen LogP contribution in [0.15, 0.2) is 12.1 Å². The summed E-state index contributed by atoms with van der Waals surface area (Å²) in [6, 6.07) is 2.11. The Kier molecular flexibility index (Phi) is 4.59. The Bertz CT molecular complexity index is 470. The Balaban J connectivity index is 2.16. The van der Waals surface area contributed by atoms with Crippen LogP contribution in [-0.4, -0.2) is 10.1 Å². The molecule has 1 aliphatic carbocycles. The van der Waals surface area contributed by atoms with Crippen molar-refractivity contribution < 1.29 is 18.3 Å². The molecule has 1 saturated carbocycles. The van der Waals surface area contributed by atoms with Gasteiger partial charge in [-0.1, -0.05) is 37.4 Å². The molecule has 2 rings (SSSR count). The van der Waals surface area contributed by atoms with E-state index in [4.69, 9.17) is 11.6 Å². The largest absolute Gasteiger partial charge is 0.433 e. The van der Waals surface area contributed by atoms with E-state index >= 15 is 0 Å². The van der Waals surface area contributed by atoms with E-state index in [0.29, 0.717) is 11.5 Å². The second-order valence-corrected chi connectivity index (χ2v) is 5.90. The zero-order valence-electron chi connectivity index (χ0n) is 11.1. The van der Waals surface area contributed by atoms with E-state index in [1.54, 1.807) is 0 Å². The van der Waals surface area contributed by atoms with Gasteiger partial charge in [-0.25, -0.2) is 4.98 Å². The average Bonchev–Trinajstić information content (AvgIpc) is 2.37. The highest BCUT2D eigenvalue weighted by molar-refractivity contribution is 6.30. The van der Waals surface area contributed by atoms with Crippen molar-refractivity contribution in [3.8, 4) is 0 Å². The first-order chi connectivity index (χ1) is 9.29. The van der Waals surface area contributed by atoms with Gasteiger partial charge in [0.15, 0.2) is 0 Å². The third-order valence-corrected chi connectivity index (χ3v) is 4.30. The van der Waals surface area contributed by atoms with Crippen LogP contribution in [0.4, 0.5) is 13.2 Å². The molecule has 0 radical (unpaired) electrons. The lowest BCUT2D eigenvalue weighted by Crippen LogP contribution is -2.20. The summed E-state index contributed by atoms with van der Waals surface area (Å²) in [5.74, 6) is 0.682. The van der Waals surface area contributed by atoms with Crippen LogP contribution in [0.1, 0.15) is 50.0 Å². The average molecular weight is 308 g/mol. The molecule has 1 aromatic heterocycles. The number of alkyl halides is 3. The summed E-state index contributed by atoms with van der Waals surface area (Å²) >= 11 is 5.81. The highest BCUT2D eigenvalue weighted by atomic mass is 35.5. The Morgan fingerprint density at radius 3 is 2.35 bits per heavy atom.